The SMILES string of the molecule is Cc1cc(Nc2ccc(Nc3ccc(Nc4ccc(NNc5cccc(Br)c5)cc4C)cc3C)cc2C)ccc1O. The van der Waals surface area contributed by atoms with Crippen LogP contribution in [-0.2, 0) is 0 Å². The first kappa shape index (κ1) is 27.9. The Bertz CT molecular complexity index is 1700. The fraction of sp³-hybridized carbons (Fsp3) is 0.118. The van der Waals surface area contributed by atoms with Gasteiger partial charge in [-0.15, -0.1) is 0 Å². The number of phenolic OH excluding ortho intramolecular Hbond substituents is 1. The first-order valence-corrected chi connectivity index (χ1v) is 14.2. The molecule has 0 aliphatic heterocycles. The molecule has 0 amide bonds. The predicted octanol–water partition coefficient (Wildman–Crippen LogP) is 10.1. The molecule has 0 aliphatic rings. The van der Waals surface area contributed by atoms with Crippen molar-refractivity contribution in [3.63, 3.8) is 0 Å². The number of rotatable bonds is 9. The van der Waals surface area contributed by atoms with Crippen LogP contribution in [0.15, 0.2) is 102 Å². The monoisotopic (exact) mass is 607 g/mol. The smallest absolute Gasteiger partial charge is 0.118 e. The molecule has 7 heteroatoms. The first-order chi connectivity index (χ1) is 19.7. The van der Waals surface area contributed by atoms with Gasteiger partial charge in [0.05, 0.1) is 11.4 Å². The Balaban J connectivity index is 1.21. The van der Waals surface area contributed by atoms with Crippen LogP contribution in [0, 0.1) is 27.7 Å². The van der Waals surface area contributed by atoms with Crippen LogP contribution in [0.1, 0.15) is 22.3 Å². The van der Waals surface area contributed by atoms with Crippen molar-refractivity contribution in [2.45, 2.75) is 27.7 Å². The topological polar surface area (TPSA) is 80.4 Å². The van der Waals surface area contributed by atoms with Gasteiger partial charge < -0.3 is 31.9 Å². The largest absolute Gasteiger partial charge is 0.508 e. The Morgan fingerprint density at radius 3 is 1.34 bits per heavy atom. The number of hydrazine groups is 1. The zero-order valence-electron chi connectivity index (χ0n) is 23.6. The molecule has 0 aromatic heterocycles. The van der Waals surface area contributed by atoms with Gasteiger partial charge in [-0.1, -0.05) is 22.0 Å². The number of anilines is 8. The summed E-state index contributed by atoms with van der Waals surface area (Å²) in [5.74, 6) is 0.301. The predicted molar refractivity (Wildman–Crippen MR) is 178 cm³/mol. The van der Waals surface area contributed by atoms with Crippen molar-refractivity contribution < 1.29 is 5.11 Å². The highest BCUT2D eigenvalue weighted by Gasteiger charge is 2.07. The summed E-state index contributed by atoms with van der Waals surface area (Å²) in [6, 6.07) is 32.4. The maximum absolute atomic E-state index is 9.79. The summed E-state index contributed by atoms with van der Waals surface area (Å²) in [5, 5.41) is 20.3. The molecule has 6 N–H and O–H groups in total. The molecule has 208 valence electrons. The van der Waals surface area contributed by atoms with Crippen LogP contribution in [-0.4, -0.2) is 5.11 Å². The molecule has 5 rings (SSSR count). The quantitative estimate of drug-likeness (QED) is 0.0739. The molecule has 0 spiro atoms. The molecule has 0 radical (unpaired) electrons. The summed E-state index contributed by atoms with van der Waals surface area (Å²) in [7, 11) is 0. The van der Waals surface area contributed by atoms with Crippen molar-refractivity contribution in [1.82, 2.24) is 0 Å². The molecule has 41 heavy (non-hydrogen) atoms. The van der Waals surface area contributed by atoms with Crippen molar-refractivity contribution >= 4 is 61.4 Å². The number of aromatic hydroxyl groups is 1. The molecule has 0 heterocycles. The molecule has 0 aliphatic carbocycles. The zero-order chi connectivity index (χ0) is 28.9. The van der Waals surface area contributed by atoms with Gasteiger partial charge in [-0.25, -0.2) is 0 Å². The van der Waals surface area contributed by atoms with Crippen LogP contribution in [0.4, 0.5) is 45.5 Å². The molecule has 0 saturated heterocycles. The van der Waals surface area contributed by atoms with Gasteiger partial charge >= 0.3 is 0 Å². The number of benzene rings is 5. The minimum Gasteiger partial charge on any atom is -0.508 e. The van der Waals surface area contributed by atoms with Crippen molar-refractivity contribution in [1.29, 1.82) is 0 Å². The molecule has 0 atom stereocenters. The van der Waals surface area contributed by atoms with Crippen molar-refractivity contribution in [3.8, 4) is 5.75 Å². The van der Waals surface area contributed by atoms with Crippen LogP contribution < -0.4 is 26.8 Å². The van der Waals surface area contributed by atoms with E-state index in [1.807, 2.05) is 49.4 Å². The van der Waals surface area contributed by atoms with Crippen LogP contribution in [0.3, 0.4) is 0 Å². The number of halogens is 1. The van der Waals surface area contributed by atoms with E-state index in [4.69, 9.17) is 0 Å². The summed E-state index contributed by atoms with van der Waals surface area (Å²) >= 11 is 3.50. The van der Waals surface area contributed by atoms with Crippen molar-refractivity contribution in [3.05, 3.63) is 124 Å². The second-order valence-electron chi connectivity index (χ2n) is 10.2. The standard InChI is InChI=1S/C34H34BrN5O/c1-21-16-27(37-33-14-10-30(18-23(33)3)40-39-29-7-5-6-25(35)20-29)8-12-31(21)36-26-9-13-32(22(2)17-26)38-28-11-15-34(41)24(4)19-28/h5-20,36-41H,1-4H3. The van der Waals surface area contributed by atoms with E-state index < -0.39 is 0 Å². The number of hydrogen-bond acceptors (Lipinski definition) is 6. The van der Waals surface area contributed by atoms with Gasteiger partial charge in [0, 0.05) is 38.6 Å². The Hall–Kier alpha value is -4.62. The van der Waals surface area contributed by atoms with Gasteiger partial charge in [0.1, 0.15) is 5.75 Å². The average Bonchev–Trinajstić information content (AvgIpc) is 2.94. The summed E-state index contributed by atoms with van der Waals surface area (Å²) < 4.78 is 1.03. The fourth-order valence-corrected chi connectivity index (χ4v) is 4.95. The fourth-order valence-electron chi connectivity index (χ4n) is 4.56. The lowest BCUT2D eigenvalue weighted by Gasteiger charge is -2.16. The molecule has 5 aromatic carbocycles. The van der Waals surface area contributed by atoms with E-state index in [-0.39, 0.29) is 0 Å². The molecular formula is C34H34BrN5O. The van der Waals surface area contributed by atoms with E-state index in [2.05, 4.69) is 112 Å². The second-order valence-corrected chi connectivity index (χ2v) is 11.1. The zero-order valence-corrected chi connectivity index (χ0v) is 25.1. The molecule has 0 bridgehead atoms. The van der Waals surface area contributed by atoms with Crippen molar-refractivity contribution in [2.75, 3.05) is 26.8 Å². The van der Waals surface area contributed by atoms with Crippen LogP contribution in [0.2, 0.25) is 0 Å². The Kier molecular flexibility index (Phi) is 8.36. The molecular weight excluding hydrogens is 574 g/mol. The van der Waals surface area contributed by atoms with Gasteiger partial charge in [-0.05, 0) is 141 Å². The summed E-state index contributed by atoms with van der Waals surface area (Å²) in [6.45, 7) is 8.18. The van der Waals surface area contributed by atoms with Crippen LogP contribution in [0.5, 0.6) is 5.75 Å². The second kappa shape index (κ2) is 12.3. The number of hydrogen-bond donors (Lipinski definition) is 6. The maximum atomic E-state index is 9.79. The van der Waals surface area contributed by atoms with E-state index in [0.29, 0.717) is 5.75 Å². The summed E-state index contributed by atoms with van der Waals surface area (Å²) in [6.07, 6.45) is 0. The number of aryl methyl sites for hydroxylation is 4. The van der Waals surface area contributed by atoms with Crippen LogP contribution >= 0.6 is 15.9 Å². The van der Waals surface area contributed by atoms with Gasteiger partial charge in [0.25, 0.3) is 0 Å². The molecule has 0 saturated carbocycles. The minimum atomic E-state index is 0.301. The van der Waals surface area contributed by atoms with E-state index in [1.165, 1.54) is 0 Å². The van der Waals surface area contributed by atoms with E-state index in [1.54, 1.807) is 6.07 Å². The van der Waals surface area contributed by atoms with Gasteiger partial charge in [0.15, 0.2) is 0 Å². The summed E-state index contributed by atoms with van der Waals surface area (Å²) in [5.41, 5.74) is 18.8. The first-order valence-electron chi connectivity index (χ1n) is 13.4. The normalized spacial score (nSPS) is 10.7. The lowest BCUT2D eigenvalue weighted by Crippen LogP contribution is -2.08. The van der Waals surface area contributed by atoms with Gasteiger partial charge in [-0.2, -0.15) is 0 Å². The van der Waals surface area contributed by atoms with Crippen LogP contribution in [0.25, 0.3) is 0 Å². The minimum absolute atomic E-state index is 0.301. The maximum Gasteiger partial charge on any atom is 0.118 e. The average molecular weight is 609 g/mol. The van der Waals surface area contributed by atoms with Gasteiger partial charge in [0.2, 0.25) is 0 Å². The molecule has 0 unspecified atom stereocenters. The third-order valence-electron chi connectivity index (χ3n) is 6.89. The van der Waals surface area contributed by atoms with E-state index in [0.717, 1.165) is 72.2 Å². The van der Waals surface area contributed by atoms with Crippen molar-refractivity contribution in [2.24, 2.45) is 0 Å². The highest BCUT2D eigenvalue weighted by Crippen LogP contribution is 2.31. The lowest BCUT2D eigenvalue weighted by molar-refractivity contribution is 0.471. The molecule has 0 fully saturated rings. The molecule has 6 nitrogen and oxygen atoms in total. The number of phenols is 1. The highest BCUT2D eigenvalue weighted by atomic mass is 79.9. The number of nitrogens with one attached hydrogen (secondary N) is 5. The van der Waals surface area contributed by atoms with E-state index in [9.17, 15) is 5.11 Å². The third kappa shape index (κ3) is 7.13. The Labute approximate surface area is 250 Å². The Morgan fingerprint density at radius 1 is 0.463 bits per heavy atom. The lowest BCUT2D eigenvalue weighted by atomic mass is 10.1. The summed E-state index contributed by atoms with van der Waals surface area (Å²) in [4.78, 5) is 0. The van der Waals surface area contributed by atoms with E-state index >= 15 is 0 Å². The van der Waals surface area contributed by atoms with Gasteiger partial charge in [-0.3, -0.25) is 0 Å². The Morgan fingerprint density at radius 2 is 0.878 bits per heavy atom. The molecule has 5 aromatic rings. The third-order valence-corrected chi connectivity index (χ3v) is 7.38. The highest BCUT2D eigenvalue weighted by molar-refractivity contribution is 9.10.